The molecule has 1 amide bonds. The van der Waals surface area contributed by atoms with Crippen molar-refractivity contribution in [1.29, 1.82) is 0 Å². The Kier molecular flexibility index (Phi) is 8.67. The Morgan fingerprint density at radius 2 is 1.43 bits per heavy atom. The Bertz CT molecular complexity index is 1310. The van der Waals surface area contributed by atoms with E-state index in [1.807, 2.05) is 12.1 Å². The summed E-state index contributed by atoms with van der Waals surface area (Å²) in [7, 11) is 3.11. The number of nitro benzene ring substituents is 2. The van der Waals surface area contributed by atoms with Crippen molar-refractivity contribution in [2.45, 2.75) is 12.8 Å². The minimum absolute atomic E-state index is 0.0395. The number of non-ortho nitro benzene ring substituents is 2. The van der Waals surface area contributed by atoms with Crippen LogP contribution in [-0.4, -0.2) is 35.7 Å². The Morgan fingerprint density at radius 1 is 0.865 bits per heavy atom. The summed E-state index contributed by atoms with van der Waals surface area (Å²) in [5.41, 5.74) is 5.07. The quantitative estimate of drug-likeness (QED) is 0.271. The second-order valence-electron chi connectivity index (χ2n) is 7.54. The molecule has 13 nitrogen and oxygen atoms in total. The van der Waals surface area contributed by atoms with E-state index in [-0.39, 0.29) is 17.3 Å². The summed E-state index contributed by atoms with van der Waals surface area (Å²) in [6.07, 6.45) is 0.794. The largest absolute Gasteiger partial charge is 0.493 e. The highest BCUT2D eigenvalue weighted by molar-refractivity contribution is 6.09. The minimum atomic E-state index is -0.486. The number of anilines is 2. The summed E-state index contributed by atoms with van der Waals surface area (Å²) in [5, 5.41) is 26.7. The Morgan fingerprint density at radius 3 is 1.95 bits per heavy atom. The van der Waals surface area contributed by atoms with Gasteiger partial charge in [0.25, 0.3) is 11.4 Å². The average Bonchev–Trinajstić information content (AvgIpc) is 2.93. The number of benzene rings is 3. The molecule has 0 atom stereocenters. The van der Waals surface area contributed by atoms with Crippen molar-refractivity contribution in [1.82, 2.24) is 0 Å². The van der Waals surface area contributed by atoms with Crippen LogP contribution in [-0.2, 0) is 4.79 Å². The van der Waals surface area contributed by atoms with Crippen molar-refractivity contribution in [3.8, 4) is 11.5 Å². The summed E-state index contributed by atoms with van der Waals surface area (Å²) in [4.78, 5) is 32.2. The number of methoxy groups -OCH3 is 2. The number of carbonyl (C=O) groups is 1. The van der Waals surface area contributed by atoms with Crippen LogP contribution in [0.4, 0.5) is 22.7 Å². The highest BCUT2D eigenvalue weighted by atomic mass is 16.6. The zero-order valence-corrected chi connectivity index (χ0v) is 20.0. The second kappa shape index (κ2) is 12.1. The van der Waals surface area contributed by atoms with E-state index in [1.54, 1.807) is 20.3 Å². The number of hydrogen-bond acceptors (Lipinski definition) is 10. The van der Waals surface area contributed by atoms with Gasteiger partial charge in [-0.15, -0.1) is 0 Å². The molecule has 192 valence electrons. The van der Waals surface area contributed by atoms with Crippen molar-refractivity contribution < 1.29 is 24.1 Å². The van der Waals surface area contributed by atoms with Gasteiger partial charge in [0.15, 0.2) is 11.5 Å². The lowest BCUT2D eigenvalue weighted by molar-refractivity contribution is -0.385. The molecular formula is C24H24N6O7. The van der Waals surface area contributed by atoms with Crippen LogP contribution in [0.15, 0.2) is 71.8 Å². The molecule has 13 heteroatoms. The van der Waals surface area contributed by atoms with Crippen LogP contribution >= 0.6 is 0 Å². The first kappa shape index (κ1) is 26.6. The normalized spacial score (nSPS) is 12.6. The first-order valence-electron chi connectivity index (χ1n) is 10.9. The lowest BCUT2D eigenvalue weighted by atomic mass is 10.0. The summed E-state index contributed by atoms with van der Waals surface area (Å²) in [6.45, 7) is 0. The lowest BCUT2D eigenvalue weighted by Gasteiger charge is -2.24. The number of amides is 1. The van der Waals surface area contributed by atoms with E-state index in [4.69, 9.17) is 15.3 Å². The van der Waals surface area contributed by atoms with Gasteiger partial charge >= 0.3 is 0 Å². The molecule has 1 heterocycles. The molecule has 0 bridgehead atoms. The van der Waals surface area contributed by atoms with Crippen LogP contribution in [0.2, 0.25) is 0 Å². The minimum Gasteiger partial charge on any atom is -0.493 e. The van der Waals surface area contributed by atoms with Crippen molar-refractivity contribution in [2.24, 2.45) is 10.9 Å². The van der Waals surface area contributed by atoms with Gasteiger partial charge in [0.05, 0.1) is 35.5 Å². The number of ether oxygens (including phenoxy) is 2. The number of nitro groups is 2. The zero-order chi connectivity index (χ0) is 26.9. The van der Waals surface area contributed by atoms with Crippen molar-refractivity contribution >= 4 is 34.4 Å². The van der Waals surface area contributed by atoms with Crippen LogP contribution in [0.1, 0.15) is 18.4 Å². The number of rotatable bonds is 7. The predicted molar refractivity (Wildman–Crippen MR) is 137 cm³/mol. The fourth-order valence-corrected chi connectivity index (χ4v) is 3.37. The Labute approximate surface area is 211 Å². The first-order valence-corrected chi connectivity index (χ1v) is 10.9. The number of hydrazone groups is 1. The molecule has 4 rings (SSSR count). The Balaban J connectivity index is 0.000000289. The topological polar surface area (TPSA) is 175 Å². The van der Waals surface area contributed by atoms with Crippen molar-refractivity contribution in [3.63, 3.8) is 0 Å². The molecule has 3 aromatic rings. The maximum Gasteiger partial charge on any atom is 0.269 e. The zero-order valence-electron chi connectivity index (χ0n) is 20.0. The summed E-state index contributed by atoms with van der Waals surface area (Å²) >= 11 is 0. The SMILES string of the molecule is COc1ccc(C2=NN(c3ccc([N+](=O)[O-])cc3)C(=O)CC2)cc1OC.NNc1ccc([N+](=O)[O-])cc1. The highest BCUT2D eigenvalue weighted by Crippen LogP contribution is 2.30. The molecule has 0 saturated carbocycles. The van der Waals surface area contributed by atoms with Gasteiger partial charge in [0.1, 0.15) is 0 Å². The molecule has 3 N–H and O–H groups in total. The smallest absolute Gasteiger partial charge is 0.269 e. The van der Waals surface area contributed by atoms with Gasteiger partial charge in [-0.3, -0.25) is 30.9 Å². The van der Waals surface area contributed by atoms with Gasteiger partial charge in [-0.2, -0.15) is 5.10 Å². The third-order valence-electron chi connectivity index (χ3n) is 5.30. The van der Waals surface area contributed by atoms with Crippen LogP contribution < -0.4 is 25.8 Å². The summed E-state index contributed by atoms with van der Waals surface area (Å²) < 4.78 is 10.5. The van der Waals surface area contributed by atoms with Crippen LogP contribution in [0.25, 0.3) is 0 Å². The number of hydrazine groups is 1. The van der Waals surface area contributed by atoms with Gasteiger partial charge in [-0.1, -0.05) is 0 Å². The lowest BCUT2D eigenvalue weighted by Crippen LogP contribution is -2.31. The fraction of sp³-hybridized carbons (Fsp3) is 0.167. The maximum absolute atomic E-state index is 12.3. The molecule has 0 fully saturated rings. The van der Waals surface area contributed by atoms with E-state index >= 15 is 0 Å². The monoisotopic (exact) mass is 508 g/mol. The van der Waals surface area contributed by atoms with Gasteiger partial charge in [0, 0.05) is 48.4 Å². The summed E-state index contributed by atoms with van der Waals surface area (Å²) in [6, 6.07) is 17.0. The molecule has 1 aliphatic rings. The third-order valence-corrected chi connectivity index (χ3v) is 5.30. The van der Waals surface area contributed by atoms with Gasteiger partial charge in [-0.25, -0.2) is 5.01 Å². The van der Waals surface area contributed by atoms with Gasteiger partial charge in [0.2, 0.25) is 5.91 Å². The van der Waals surface area contributed by atoms with Crippen LogP contribution in [0, 0.1) is 20.2 Å². The second-order valence-corrected chi connectivity index (χ2v) is 7.54. The number of nitrogens with one attached hydrogen (secondary N) is 1. The Hall–Kier alpha value is -5.04. The molecule has 37 heavy (non-hydrogen) atoms. The molecule has 0 spiro atoms. The first-order chi connectivity index (χ1) is 17.8. The molecule has 0 aliphatic carbocycles. The van der Waals surface area contributed by atoms with E-state index in [9.17, 15) is 25.0 Å². The van der Waals surface area contributed by atoms with Crippen molar-refractivity contribution in [2.75, 3.05) is 24.7 Å². The predicted octanol–water partition coefficient (Wildman–Crippen LogP) is 4.02. The molecular weight excluding hydrogens is 484 g/mol. The number of nitrogens with zero attached hydrogens (tertiary/aromatic N) is 4. The molecule has 0 saturated heterocycles. The van der Waals surface area contributed by atoms with Gasteiger partial charge in [-0.05, 0) is 42.5 Å². The highest BCUT2D eigenvalue weighted by Gasteiger charge is 2.24. The maximum atomic E-state index is 12.3. The number of nitrogen functional groups attached to an aromatic ring is 1. The molecule has 3 aromatic carbocycles. The van der Waals surface area contributed by atoms with Crippen LogP contribution in [0.5, 0.6) is 11.5 Å². The van der Waals surface area contributed by atoms with E-state index in [0.29, 0.717) is 35.7 Å². The number of carbonyl (C=O) groups excluding carboxylic acids is 1. The molecule has 1 aliphatic heterocycles. The van der Waals surface area contributed by atoms with E-state index in [1.165, 1.54) is 53.5 Å². The average molecular weight is 508 g/mol. The standard InChI is InChI=1S/C18H17N3O5.C6H7N3O2/c1-25-16-9-3-12(11-17(16)26-2)15-8-10-18(22)20(19-15)13-4-6-14(7-5-13)21(23)24;7-8-5-1-3-6(4-2-5)9(10)11/h3-7,9,11H,8,10H2,1-2H3;1-4,8H,7H2. The van der Waals surface area contributed by atoms with E-state index in [2.05, 4.69) is 10.5 Å². The summed E-state index contributed by atoms with van der Waals surface area (Å²) in [5.74, 6) is 6.08. The van der Waals surface area contributed by atoms with Gasteiger partial charge < -0.3 is 14.9 Å². The fourth-order valence-electron chi connectivity index (χ4n) is 3.37. The van der Waals surface area contributed by atoms with Crippen LogP contribution in [0.3, 0.4) is 0 Å². The van der Waals surface area contributed by atoms with E-state index < -0.39 is 9.85 Å². The van der Waals surface area contributed by atoms with Crippen molar-refractivity contribution in [3.05, 3.63) is 92.5 Å². The van der Waals surface area contributed by atoms with E-state index in [0.717, 1.165) is 11.3 Å². The third kappa shape index (κ3) is 6.55. The molecule has 0 radical (unpaired) electrons. The number of nitrogens with two attached hydrogens (primary N) is 1. The molecule has 0 aromatic heterocycles. The number of hydrogen-bond donors (Lipinski definition) is 2. The molecule has 0 unspecified atom stereocenters.